The lowest BCUT2D eigenvalue weighted by atomic mass is 9.97. The lowest BCUT2D eigenvalue weighted by Gasteiger charge is -2.19. The molecule has 0 saturated heterocycles. The Morgan fingerprint density at radius 3 is 2.62 bits per heavy atom. The molecule has 0 spiro atoms. The molecular weight excluding hydrogens is 288 g/mol. The number of nitrogens with one attached hydrogen (secondary N) is 1. The smallest absolute Gasteiger partial charge is 0.242 e. The monoisotopic (exact) mass is 312 g/mol. The molecule has 2 rings (SSSR count). The van der Waals surface area contributed by atoms with E-state index in [-0.39, 0.29) is 29.0 Å². The van der Waals surface area contributed by atoms with Gasteiger partial charge in [-0.25, -0.2) is 13.1 Å². The Morgan fingerprint density at radius 2 is 1.95 bits per heavy atom. The van der Waals surface area contributed by atoms with Crippen LogP contribution in [0.15, 0.2) is 17.0 Å². The number of hydrogen-bond acceptors (Lipinski definition) is 4. The Hall–Kier alpha value is -1.11. The molecule has 1 aromatic carbocycles. The van der Waals surface area contributed by atoms with Crippen LogP contribution in [0.1, 0.15) is 30.4 Å². The summed E-state index contributed by atoms with van der Waals surface area (Å²) in [6, 6.07) is 3.45. The van der Waals surface area contributed by atoms with E-state index in [2.05, 4.69) is 4.72 Å². The van der Waals surface area contributed by atoms with Crippen LogP contribution in [0.5, 0.6) is 0 Å². The van der Waals surface area contributed by atoms with E-state index in [1.165, 1.54) is 0 Å². The minimum atomic E-state index is -3.62. The van der Waals surface area contributed by atoms with E-state index in [1.807, 2.05) is 13.0 Å². The van der Waals surface area contributed by atoms with E-state index in [4.69, 9.17) is 5.73 Å². The first-order chi connectivity index (χ1) is 9.86. The van der Waals surface area contributed by atoms with Gasteiger partial charge in [0.25, 0.3) is 0 Å². The highest BCUT2D eigenvalue weighted by Gasteiger charge is 2.29. The van der Waals surface area contributed by atoms with E-state index in [1.54, 1.807) is 13.0 Å². The zero-order valence-corrected chi connectivity index (χ0v) is 13.4. The van der Waals surface area contributed by atoms with Gasteiger partial charge in [0.05, 0.1) is 5.69 Å². The zero-order valence-electron chi connectivity index (χ0n) is 12.6. The molecule has 1 aromatic rings. The van der Waals surface area contributed by atoms with Crippen molar-refractivity contribution in [3.63, 3.8) is 0 Å². The first-order valence-corrected chi connectivity index (χ1v) is 8.81. The van der Waals surface area contributed by atoms with Crippen molar-refractivity contribution in [1.82, 2.24) is 4.72 Å². The second kappa shape index (κ2) is 6.34. The SMILES string of the molecule is Cc1ccc(N)c(S(=O)(=O)NCC2CCCC2CO)c1C. The molecule has 0 bridgehead atoms. The van der Waals surface area contributed by atoms with Crippen LogP contribution >= 0.6 is 0 Å². The Bertz CT molecular complexity index is 614. The van der Waals surface area contributed by atoms with E-state index < -0.39 is 10.0 Å². The highest BCUT2D eigenvalue weighted by atomic mass is 32.2. The van der Waals surface area contributed by atoms with E-state index >= 15 is 0 Å². The fraction of sp³-hybridized carbons (Fsp3) is 0.600. The number of anilines is 1. The third-order valence-electron chi connectivity index (χ3n) is 4.56. The molecule has 6 heteroatoms. The first kappa shape index (κ1) is 16.3. The number of aryl methyl sites for hydroxylation is 1. The number of sulfonamides is 1. The van der Waals surface area contributed by atoms with Gasteiger partial charge in [0.1, 0.15) is 4.90 Å². The van der Waals surface area contributed by atoms with Crippen molar-refractivity contribution < 1.29 is 13.5 Å². The zero-order chi connectivity index (χ0) is 15.6. The summed E-state index contributed by atoms with van der Waals surface area (Å²) in [7, 11) is -3.62. The van der Waals surface area contributed by atoms with Gasteiger partial charge >= 0.3 is 0 Å². The third-order valence-corrected chi connectivity index (χ3v) is 6.19. The van der Waals surface area contributed by atoms with E-state index in [9.17, 15) is 13.5 Å². The molecule has 1 fully saturated rings. The molecule has 0 radical (unpaired) electrons. The quantitative estimate of drug-likeness (QED) is 0.720. The van der Waals surface area contributed by atoms with Crippen LogP contribution in [0.25, 0.3) is 0 Å². The van der Waals surface area contributed by atoms with Crippen molar-refractivity contribution in [3.05, 3.63) is 23.3 Å². The Balaban J connectivity index is 2.18. The molecule has 4 N–H and O–H groups in total. The van der Waals surface area contributed by atoms with Crippen LogP contribution in [-0.2, 0) is 10.0 Å². The van der Waals surface area contributed by atoms with Crippen LogP contribution < -0.4 is 10.5 Å². The molecule has 0 heterocycles. The molecule has 1 aliphatic rings. The average molecular weight is 312 g/mol. The molecule has 0 amide bonds. The predicted molar refractivity (Wildman–Crippen MR) is 83.4 cm³/mol. The van der Waals surface area contributed by atoms with Gasteiger partial charge in [-0.1, -0.05) is 12.5 Å². The van der Waals surface area contributed by atoms with Crippen molar-refractivity contribution in [1.29, 1.82) is 0 Å². The largest absolute Gasteiger partial charge is 0.398 e. The maximum atomic E-state index is 12.5. The summed E-state index contributed by atoms with van der Waals surface area (Å²) >= 11 is 0. The van der Waals surface area contributed by atoms with Gasteiger partial charge in [0, 0.05) is 13.2 Å². The third kappa shape index (κ3) is 3.39. The molecule has 21 heavy (non-hydrogen) atoms. The van der Waals surface area contributed by atoms with Crippen LogP contribution in [-0.4, -0.2) is 26.7 Å². The number of aliphatic hydroxyl groups excluding tert-OH is 1. The molecule has 5 nitrogen and oxygen atoms in total. The Labute approximate surface area is 126 Å². The molecule has 0 aliphatic heterocycles. The molecule has 118 valence electrons. The second-order valence-electron chi connectivity index (χ2n) is 5.91. The van der Waals surface area contributed by atoms with Gasteiger partial charge < -0.3 is 10.8 Å². The van der Waals surface area contributed by atoms with Gasteiger partial charge in [-0.05, 0) is 55.7 Å². The standard InChI is InChI=1S/C15H24N2O3S/c1-10-6-7-14(16)15(11(10)2)21(19,20)17-8-12-4-3-5-13(12)9-18/h6-7,12-13,17-18H,3-5,8-9,16H2,1-2H3. The normalized spacial score (nSPS) is 22.6. The van der Waals surface area contributed by atoms with Crippen molar-refractivity contribution >= 4 is 15.7 Å². The molecule has 2 atom stereocenters. The summed E-state index contributed by atoms with van der Waals surface area (Å²) in [6.07, 6.45) is 2.97. The highest BCUT2D eigenvalue weighted by molar-refractivity contribution is 7.89. The Kier molecular flexibility index (Phi) is 4.91. The van der Waals surface area contributed by atoms with Crippen molar-refractivity contribution in [2.75, 3.05) is 18.9 Å². The lowest BCUT2D eigenvalue weighted by molar-refractivity contribution is 0.195. The van der Waals surface area contributed by atoms with Crippen molar-refractivity contribution in [2.45, 2.75) is 38.0 Å². The lowest BCUT2D eigenvalue weighted by Crippen LogP contribution is -2.32. The molecule has 1 aliphatic carbocycles. The van der Waals surface area contributed by atoms with Crippen LogP contribution in [0.4, 0.5) is 5.69 Å². The molecule has 1 saturated carbocycles. The highest BCUT2D eigenvalue weighted by Crippen LogP contribution is 2.31. The van der Waals surface area contributed by atoms with Crippen LogP contribution in [0.3, 0.4) is 0 Å². The summed E-state index contributed by atoms with van der Waals surface area (Å²) in [6.45, 7) is 4.12. The molecule has 0 aromatic heterocycles. The Morgan fingerprint density at radius 1 is 1.29 bits per heavy atom. The van der Waals surface area contributed by atoms with E-state index in [0.29, 0.717) is 12.1 Å². The molecular formula is C15H24N2O3S. The first-order valence-electron chi connectivity index (χ1n) is 7.33. The van der Waals surface area contributed by atoms with Gasteiger partial charge in [-0.2, -0.15) is 0 Å². The number of benzene rings is 1. The minimum absolute atomic E-state index is 0.123. The van der Waals surface area contributed by atoms with Crippen molar-refractivity contribution in [2.24, 2.45) is 11.8 Å². The summed E-state index contributed by atoms with van der Waals surface area (Å²) < 4.78 is 27.7. The number of hydrogen-bond donors (Lipinski definition) is 3. The fourth-order valence-corrected chi connectivity index (χ4v) is 4.60. The second-order valence-corrected chi connectivity index (χ2v) is 7.62. The molecule has 2 unspecified atom stereocenters. The van der Waals surface area contributed by atoms with Gasteiger partial charge in [-0.15, -0.1) is 0 Å². The maximum absolute atomic E-state index is 12.5. The van der Waals surface area contributed by atoms with Gasteiger partial charge in [-0.3, -0.25) is 0 Å². The number of rotatable bonds is 5. The van der Waals surface area contributed by atoms with E-state index in [0.717, 1.165) is 24.8 Å². The number of nitrogens with two attached hydrogens (primary N) is 1. The number of nitrogen functional groups attached to an aromatic ring is 1. The fourth-order valence-electron chi connectivity index (χ4n) is 3.08. The summed E-state index contributed by atoms with van der Waals surface area (Å²) in [4.78, 5) is 0.182. The van der Waals surface area contributed by atoms with Crippen LogP contribution in [0, 0.1) is 25.7 Å². The van der Waals surface area contributed by atoms with Crippen molar-refractivity contribution in [3.8, 4) is 0 Å². The topological polar surface area (TPSA) is 92.4 Å². The number of aliphatic hydroxyl groups is 1. The minimum Gasteiger partial charge on any atom is -0.398 e. The van der Waals surface area contributed by atoms with Gasteiger partial charge in [0.2, 0.25) is 10.0 Å². The average Bonchev–Trinajstić information content (AvgIpc) is 2.88. The van der Waals surface area contributed by atoms with Crippen LogP contribution in [0.2, 0.25) is 0 Å². The summed E-state index contributed by atoms with van der Waals surface area (Å²) in [5.41, 5.74) is 7.72. The summed E-state index contributed by atoms with van der Waals surface area (Å²) in [5.74, 6) is 0.403. The van der Waals surface area contributed by atoms with Gasteiger partial charge in [0.15, 0.2) is 0 Å². The maximum Gasteiger partial charge on any atom is 0.242 e. The summed E-state index contributed by atoms with van der Waals surface area (Å²) in [5, 5.41) is 9.31. The predicted octanol–water partition coefficient (Wildman–Crippen LogP) is 1.57.